The van der Waals surface area contributed by atoms with Gasteiger partial charge < -0.3 is 19.3 Å². The molecule has 1 N–H and O–H groups in total. The van der Waals surface area contributed by atoms with Crippen LogP contribution in [0.3, 0.4) is 0 Å². The number of fused-ring (bicyclic) bond motifs is 1. The van der Waals surface area contributed by atoms with Crippen LogP contribution in [0.5, 0.6) is 17.2 Å². The second-order valence-corrected chi connectivity index (χ2v) is 9.25. The summed E-state index contributed by atoms with van der Waals surface area (Å²) >= 11 is 0. The van der Waals surface area contributed by atoms with Gasteiger partial charge in [-0.15, -0.1) is 0 Å². The summed E-state index contributed by atoms with van der Waals surface area (Å²) < 4.78 is 17.0. The van der Waals surface area contributed by atoms with Gasteiger partial charge in [0, 0.05) is 17.4 Å². The minimum Gasteiger partial charge on any atom is -0.481 e. The number of carbonyl (C=O) groups is 2. The minimum absolute atomic E-state index is 0.170. The molecule has 0 spiro atoms. The summed E-state index contributed by atoms with van der Waals surface area (Å²) in [6.07, 6.45) is 0. The van der Waals surface area contributed by atoms with E-state index in [9.17, 15) is 14.7 Å². The van der Waals surface area contributed by atoms with E-state index in [-0.39, 0.29) is 6.79 Å². The Kier molecular flexibility index (Phi) is 5.85. The van der Waals surface area contributed by atoms with Gasteiger partial charge in [0.05, 0.1) is 11.8 Å². The van der Waals surface area contributed by atoms with Gasteiger partial charge in [-0.05, 0) is 34.9 Å². The number of carbonyl (C=O) groups excluding carboxylic acids is 1. The predicted molar refractivity (Wildman–Crippen MR) is 137 cm³/mol. The molecule has 4 aromatic carbocycles. The lowest BCUT2D eigenvalue weighted by Gasteiger charge is -2.49. The summed E-state index contributed by atoms with van der Waals surface area (Å²) in [4.78, 5) is 26.3. The van der Waals surface area contributed by atoms with Crippen molar-refractivity contribution in [3.05, 3.63) is 114 Å². The standard InChI is InChI=1S/C31H24O6/c32-30(33)28-26(19-9-3-1-4-10-19)29(27(28)20-11-5-2-6-12-20)31(34)37-23-14-8-7-13-22(23)21-15-16-24-25(17-21)36-18-35-24/h1-17,26-29H,18H2,(H,32,33)/t26-,27-,28-,29-/m1/s1. The first kappa shape index (κ1) is 22.9. The Hall–Kier alpha value is -4.58. The molecule has 1 aliphatic carbocycles. The molecule has 1 heterocycles. The Morgan fingerprint density at radius 3 is 1.95 bits per heavy atom. The smallest absolute Gasteiger partial charge is 0.315 e. The highest BCUT2D eigenvalue weighted by molar-refractivity contribution is 5.87. The van der Waals surface area contributed by atoms with Gasteiger partial charge in [0.15, 0.2) is 11.5 Å². The van der Waals surface area contributed by atoms with Gasteiger partial charge in [0.2, 0.25) is 6.79 Å². The minimum atomic E-state index is -0.924. The third-order valence-corrected chi connectivity index (χ3v) is 7.26. The number of benzene rings is 4. The molecule has 1 aliphatic heterocycles. The van der Waals surface area contributed by atoms with Crippen LogP contribution in [0.25, 0.3) is 11.1 Å². The zero-order valence-corrected chi connectivity index (χ0v) is 19.8. The van der Waals surface area contributed by atoms with Crippen molar-refractivity contribution in [3.8, 4) is 28.4 Å². The lowest BCUT2D eigenvalue weighted by atomic mass is 9.52. The highest BCUT2D eigenvalue weighted by Crippen LogP contribution is 2.58. The van der Waals surface area contributed by atoms with Crippen molar-refractivity contribution in [2.45, 2.75) is 11.8 Å². The van der Waals surface area contributed by atoms with E-state index in [4.69, 9.17) is 14.2 Å². The molecule has 0 bridgehead atoms. The first-order valence-corrected chi connectivity index (χ1v) is 12.2. The van der Waals surface area contributed by atoms with Gasteiger partial charge in [-0.2, -0.15) is 0 Å². The summed E-state index contributed by atoms with van der Waals surface area (Å²) in [5.74, 6) is -2.07. The van der Waals surface area contributed by atoms with Crippen LogP contribution in [0.2, 0.25) is 0 Å². The maximum absolute atomic E-state index is 13.8. The number of para-hydroxylation sites is 1. The molecule has 0 amide bonds. The average molecular weight is 493 g/mol. The zero-order valence-electron chi connectivity index (χ0n) is 19.8. The van der Waals surface area contributed by atoms with Crippen LogP contribution in [0.1, 0.15) is 23.0 Å². The van der Waals surface area contributed by atoms with Gasteiger partial charge in [0.1, 0.15) is 5.75 Å². The van der Waals surface area contributed by atoms with E-state index in [2.05, 4.69) is 0 Å². The lowest BCUT2D eigenvalue weighted by Crippen LogP contribution is -2.52. The molecule has 2 atom stereocenters. The topological polar surface area (TPSA) is 82.1 Å². The normalized spacial score (nSPS) is 21.6. The highest BCUT2D eigenvalue weighted by Gasteiger charge is 2.59. The van der Waals surface area contributed by atoms with Crippen LogP contribution in [0.4, 0.5) is 0 Å². The summed E-state index contributed by atoms with van der Waals surface area (Å²) in [7, 11) is 0. The average Bonchev–Trinajstić information content (AvgIpc) is 3.37. The molecule has 2 aliphatic rings. The summed E-state index contributed by atoms with van der Waals surface area (Å²) in [5, 5.41) is 10.2. The van der Waals surface area contributed by atoms with Crippen LogP contribution in [0, 0.1) is 11.8 Å². The number of hydrogen-bond acceptors (Lipinski definition) is 5. The Labute approximate surface area is 214 Å². The number of rotatable bonds is 6. The molecule has 6 rings (SSSR count). The van der Waals surface area contributed by atoms with E-state index in [1.165, 1.54) is 0 Å². The second-order valence-electron chi connectivity index (χ2n) is 9.25. The Morgan fingerprint density at radius 2 is 1.30 bits per heavy atom. The van der Waals surface area contributed by atoms with Crippen LogP contribution in [0.15, 0.2) is 103 Å². The van der Waals surface area contributed by atoms with E-state index in [0.717, 1.165) is 22.3 Å². The molecule has 1 saturated carbocycles. The fourth-order valence-corrected chi connectivity index (χ4v) is 5.56. The van der Waals surface area contributed by atoms with Gasteiger partial charge in [-0.1, -0.05) is 84.9 Å². The first-order valence-electron chi connectivity index (χ1n) is 12.2. The monoisotopic (exact) mass is 492 g/mol. The number of esters is 1. The van der Waals surface area contributed by atoms with Gasteiger partial charge in [0.25, 0.3) is 0 Å². The molecule has 6 nitrogen and oxygen atoms in total. The van der Waals surface area contributed by atoms with Crippen molar-refractivity contribution >= 4 is 11.9 Å². The van der Waals surface area contributed by atoms with Crippen molar-refractivity contribution in [1.29, 1.82) is 0 Å². The highest BCUT2D eigenvalue weighted by atomic mass is 16.7. The molecule has 184 valence electrons. The van der Waals surface area contributed by atoms with Crippen molar-refractivity contribution in [2.75, 3.05) is 6.79 Å². The van der Waals surface area contributed by atoms with Gasteiger partial charge in [-0.3, -0.25) is 9.59 Å². The number of hydrogen-bond donors (Lipinski definition) is 1. The fourth-order valence-electron chi connectivity index (χ4n) is 5.56. The number of carboxylic acid groups (broad SMARTS) is 1. The largest absolute Gasteiger partial charge is 0.481 e. The van der Waals surface area contributed by atoms with Crippen molar-refractivity contribution in [1.82, 2.24) is 0 Å². The maximum Gasteiger partial charge on any atom is 0.315 e. The molecule has 0 unspecified atom stereocenters. The van der Waals surface area contributed by atoms with Crippen LogP contribution in [-0.4, -0.2) is 23.8 Å². The SMILES string of the molecule is O=C(O)[C@H]1[C@@H](c2ccccc2)[C@H](C(=O)Oc2ccccc2-c2ccc3c(c2)OCO3)[C@@H]1c1ccccc1. The number of carboxylic acids is 1. The van der Waals surface area contributed by atoms with E-state index in [0.29, 0.717) is 17.2 Å². The molecule has 0 saturated heterocycles. The van der Waals surface area contributed by atoms with Crippen LogP contribution < -0.4 is 14.2 Å². The third kappa shape index (κ3) is 4.10. The van der Waals surface area contributed by atoms with E-state index >= 15 is 0 Å². The molecule has 37 heavy (non-hydrogen) atoms. The summed E-state index contributed by atoms with van der Waals surface area (Å²) in [5.41, 5.74) is 3.18. The quantitative estimate of drug-likeness (QED) is 0.267. The number of ether oxygens (including phenoxy) is 3. The molecule has 1 fully saturated rings. The molecule has 0 radical (unpaired) electrons. The molecule has 0 aromatic heterocycles. The summed E-state index contributed by atoms with van der Waals surface area (Å²) in [6.45, 7) is 0.170. The van der Waals surface area contributed by atoms with Gasteiger partial charge >= 0.3 is 11.9 Å². The Balaban J connectivity index is 1.37. The predicted octanol–water partition coefficient (Wildman–Crippen LogP) is 5.89. The van der Waals surface area contributed by atoms with Crippen LogP contribution in [-0.2, 0) is 9.59 Å². The van der Waals surface area contributed by atoms with E-state index in [1.54, 1.807) is 6.07 Å². The molecular formula is C31H24O6. The summed E-state index contributed by atoms with van der Waals surface area (Å²) in [6, 6.07) is 31.6. The Bertz CT molecular complexity index is 1400. The second kappa shape index (κ2) is 9.47. The van der Waals surface area contributed by atoms with Crippen molar-refractivity contribution in [3.63, 3.8) is 0 Å². The fraction of sp³-hybridized carbons (Fsp3) is 0.161. The number of aliphatic carboxylic acids is 1. The van der Waals surface area contributed by atoms with Crippen molar-refractivity contribution < 1.29 is 28.9 Å². The maximum atomic E-state index is 13.8. The molecular weight excluding hydrogens is 468 g/mol. The Morgan fingerprint density at radius 1 is 0.703 bits per heavy atom. The third-order valence-electron chi connectivity index (χ3n) is 7.26. The molecule has 4 aromatic rings. The van der Waals surface area contributed by atoms with Crippen molar-refractivity contribution in [2.24, 2.45) is 11.8 Å². The first-order chi connectivity index (χ1) is 18.1. The van der Waals surface area contributed by atoms with E-state index < -0.39 is 35.6 Å². The van der Waals surface area contributed by atoms with Crippen LogP contribution >= 0.6 is 0 Å². The molecule has 6 heteroatoms. The van der Waals surface area contributed by atoms with Gasteiger partial charge in [-0.25, -0.2) is 0 Å². The lowest BCUT2D eigenvalue weighted by molar-refractivity contribution is -0.158. The van der Waals surface area contributed by atoms with E-state index in [1.807, 2.05) is 97.1 Å². The zero-order chi connectivity index (χ0) is 25.4.